The van der Waals surface area contributed by atoms with Gasteiger partial charge in [0.1, 0.15) is 17.3 Å². The second-order valence-electron chi connectivity index (χ2n) is 9.59. The second-order valence-corrected chi connectivity index (χ2v) is 9.59. The molecule has 12 nitrogen and oxygen atoms in total. The molecule has 184 valence electrons. The fraction of sp³-hybridized carbons (Fsp3) is 0.375. The molecule has 2 aliphatic rings. The highest BCUT2D eigenvalue weighted by atomic mass is 16.5. The third-order valence-electron chi connectivity index (χ3n) is 7.09. The molecule has 0 aromatic carbocycles. The summed E-state index contributed by atoms with van der Waals surface area (Å²) in [5, 5.41) is 22.6. The number of nitrogens with one attached hydrogen (secondary N) is 2. The first-order valence-electron chi connectivity index (χ1n) is 12.0. The monoisotopic (exact) mass is 485 g/mol. The van der Waals surface area contributed by atoms with Gasteiger partial charge < -0.3 is 15.4 Å². The van der Waals surface area contributed by atoms with Crippen molar-refractivity contribution in [1.29, 1.82) is 0 Å². The third kappa shape index (κ3) is 3.48. The number of rotatable bonds is 6. The maximum atomic E-state index is 5.33. The van der Waals surface area contributed by atoms with Crippen LogP contribution in [0.1, 0.15) is 0 Å². The number of aromatic nitrogens is 8. The summed E-state index contributed by atoms with van der Waals surface area (Å²) in [7, 11) is 5.70. The number of anilines is 3. The summed E-state index contributed by atoms with van der Waals surface area (Å²) >= 11 is 0. The van der Waals surface area contributed by atoms with Gasteiger partial charge in [-0.2, -0.15) is 15.3 Å². The number of aryl methyl sites for hydroxylation is 3. The zero-order valence-electron chi connectivity index (χ0n) is 20.4. The van der Waals surface area contributed by atoms with Crippen LogP contribution in [0.5, 0.6) is 0 Å². The van der Waals surface area contributed by atoms with E-state index in [4.69, 9.17) is 14.7 Å². The van der Waals surface area contributed by atoms with Crippen molar-refractivity contribution >= 4 is 39.4 Å². The average molecular weight is 486 g/mol. The van der Waals surface area contributed by atoms with E-state index in [-0.39, 0.29) is 0 Å². The van der Waals surface area contributed by atoms with Crippen molar-refractivity contribution in [2.75, 3.05) is 36.9 Å². The van der Waals surface area contributed by atoms with E-state index in [1.54, 1.807) is 14.0 Å². The van der Waals surface area contributed by atoms with E-state index in [9.17, 15) is 0 Å². The van der Waals surface area contributed by atoms with E-state index in [1.807, 2.05) is 57.8 Å². The largest absolute Gasteiger partial charge is 0.379 e. The van der Waals surface area contributed by atoms with Crippen LogP contribution in [0.2, 0.25) is 0 Å². The van der Waals surface area contributed by atoms with Crippen molar-refractivity contribution in [2.45, 2.75) is 12.1 Å². The fourth-order valence-corrected chi connectivity index (χ4v) is 4.86. The molecule has 0 amide bonds. The van der Waals surface area contributed by atoms with Gasteiger partial charge in [-0.15, -0.1) is 0 Å². The van der Waals surface area contributed by atoms with E-state index in [0.717, 1.165) is 77.1 Å². The molecule has 0 spiro atoms. The molecule has 5 aromatic rings. The highest BCUT2D eigenvalue weighted by Crippen LogP contribution is 2.30. The molecule has 0 bridgehead atoms. The van der Waals surface area contributed by atoms with E-state index in [0.29, 0.717) is 12.1 Å². The second kappa shape index (κ2) is 8.00. The van der Waals surface area contributed by atoms with Gasteiger partial charge in [0.05, 0.1) is 54.5 Å². The Morgan fingerprint density at radius 1 is 0.889 bits per heavy atom. The first-order valence-corrected chi connectivity index (χ1v) is 12.0. The van der Waals surface area contributed by atoms with Gasteiger partial charge in [0.25, 0.3) is 0 Å². The number of pyridine rings is 2. The molecule has 2 aliphatic heterocycles. The van der Waals surface area contributed by atoms with Gasteiger partial charge in [-0.3, -0.25) is 18.9 Å². The van der Waals surface area contributed by atoms with E-state index in [1.165, 1.54) is 0 Å². The molecule has 0 radical (unpaired) electrons. The lowest BCUT2D eigenvalue weighted by Gasteiger charge is -2.47. The maximum Gasteiger partial charge on any atom is 0.161 e. The summed E-state index contributed by atoms with van der Waals surface area (Å²) in [5.41, 5.74) is 4.23. The topological polar surface area (TPSA) is 116 Å². The van der Waals surface area contributed by atoms with Crippen LogP contribution in [0.25, 0.3) is 33.5 Å². The molecular weight excluding hydrogens is 458 g/mol. The molecule has 0 aliphatic carbocycles. The Labute approximate surface area is 206 Å². The fourth-order valence-electron chi connectivity index (χ4n) is 4.86. The predicted octanol–water partition coefficient (Wildman–Crippen LogP) is 1.89. The minimum Gasteiger partial charge on any atom is -0.379 e. The van der Waals surface area contributed by atoms with Crippen LogP contribution >= 0.6 is 0 Å². The number of ether oxygens (including phenoxy) is 1. The quantitative estimate of drug-likeness (QED) is 0.372. The molecule has 12 heteroatoms. The minimum absolute atomic E-state index is 0.389. The Kier molecular flexibility index (Phi) is 4.73. The van der Waals surface area contributed by atoms with Crippen molar-refractivity contribution in [3.63, 3.8) is 0 Å². The normalized spacial score (nSPS) is 17.0. The van der Waals surface area contributed by atoms with Crippen molar-refractivity contribution in [3.05, 3.63) is 36.7 Å². The summed E-state index contributed by atoms with van der Waals surface area (Å²) in [6, 6.07) is 8.98. The molecule has 0 unspecified atom stereocenters. The van der Waals surface area contributed by atoms with Crippen molar-refractivity contribution in [1.82, 2.24) is 44.2 Å². The molecule has 0 atom stereocenters. The molecule has 2 fully saturated rings. The smallest absolute Gasteiger partial charge is 0.161 e. The molecular formula is C24H27N11O. The van der Waals surface area contributed by atoms with Gasteiger partial charge in [-0.25, -0.2) is 9.97 Å². The van der Waals surface area contributed by atoms with Crippen LogP contribution in [-0.4, -0.2) is 82.6 Å². The van der Waals surface area contributed by atoms with Crippen molar-refractivity contribution in [3.8, 4) is 11.4 Å². The van der Waals surface area contributed by atoms with Crippen molar-refractivity contribution in [2.24, 2.45) is 21.1 Å². The van der Waals surface area contributed by atoms with Crippen LogP contribution < -0.4 is 10.6 Å². The number of likely N-dealkylation sites (tertiary alicyclic amines) is 1. The Morgan fingerprint density at radius 3 is 2.50 bits per heavy atom. The zero-order valence-corrected chi connectivity index (χ0v) is 20.4. The predicted molar refractivity (Wildman–Crippen MR) is 136 cm³/mol. The first-order chi connectivity index (χ1) is 17.5. The number of hydrogen-bond acceptors (Lipinski definition) is 9. The van der Waals surface area contributed by atoms with E-state index < -0.39 is 0 Å². The molecule has 2 N–H and O–H groups in total. The lowest BCUT2D eigenvalue weighted by atomic mass is 10.0. The SMILES string of the molecule is Cn1nc(-c2ccc3cnn(C)c3n2)cc1Nc1cc(NC2CN(C3COC3)C2)c2cnn(C)c2n1. The lowest BCUT2D eigenvalue weighted by molar-refractivity contribution is -0.0874. The van der Waals surface area contributed by atoms with Crippen LogP contribution in [-0.2, 0) is 25.9 Å². The minimum atomic E-state index is 0.389. The highest BCUT2D eigenvalue weighted by molar-refractivity contribution is 5.91. The van der Waals surface area contributed by atoms with E-state index >= 15 is 0 Å². The van der Waals surface area contributed by atoms with Crippen LogP contribution in [0.15, 0.2) is 36.7 Å². The molecule has 7 rings (SSSR count). The summed E-state index contributed by atoms with van der Waals surface area (Å²) < 4.78 is 10.7. The van der Waals surface area contributed by atoms with Gasteiger partial charge in [-0.1, -0.05) is 0 Å². The van der Waals surface area contributed by atoms with Gasteiger partial charge in [-0.05, 0) is 12.1 Å². The number of nitrogens with zero attached hydrogens (tertiary/aromatic N) is 9. The zero-order chi connectivity index (χ0) is 24.4. The standard InChI is InChI=1S/C24H27N11O/c1-32-22(7-20(31-32)18-5-4-14-8-25-33(2)23(14)28-18)29-21-6-19(17-9-26-34(3)24(17)30-21)27-15-10-35(11-15)16-12-36-13-16/h4-9,15-16H,10-13H2,1-3H3,(H2,27,29,30). The molecule has 7 heterocycles. The Balaban J connectivity index is 1.16. The number of hydrogen-bond donors (Lipinski definition) is 2. The van der Waals surface area contributed by atoms with Crippen molar-refractivity contribution < 1.29 is 4.74 Å². The summed E-state index contributed by atoms with van der Waals surface area (Å²) in [4.78, 5) is 12.0. The third-order valence-corrected chi connectivity index (χ3v) is 7.09. The lowest BCUT2D eigenvalue weighted by Crippen LogP contribution is -2.63. The number of fused-ring (bicyclic) bond motifs is 2. The Morgan fingerprint density at radius 2 is 1.69 bits per heavy atom. The Hall–Kier alpha value is -4.03. The summed E-state index contributed by atoms with van der Waals surface area (Å²) in [6.07, 6.45) is 3.68. The first kappa shape index (κ1) is 21.3. The van der Waals surface area contributed by atoms with Gasteiger partial charge in [0.15, 0.2) is 11.3 Å². The summed E-state index contributed by atoms with van der Waals surface area (Å²) in [6.45, 7) is 3.72. The molecule has 2 saturated heterocycles. The van der Waals surface area contributed by atoms with Gasteiger partial charge >= 0.3 is 0 Å². The Bertz CT molecular complexity index is 1590. The van der Waals surface area contributed by atoms with E-state index in [2.05, 4.69) is 30.8 Å². The van der Waals surface area contributed by atoms with Crippen LogP contribution in [0, 0.1) is 0 Å². The maximum absolute atomic E-state index is 5.33. The van der Waals surface area contributed by atoms with Gasteiger partial charge in [0, 0.05) is 51.8 Å². The van der Waals surface area contributed by atoms with Crippen LogP contribution in [0.4, 0.5) is 17.3 Å². The average Bonchev–Trinajstić information content (AvgIpc) is 3.49. The summed E-state index contributed by atoms with van der Waals surface area (Å²) in [5.74, 6) is 1.54. The molecule has 36 heavy (non-hydrogen) atoms. The van der Waals surface area contributed by atoms with Crippen LogP contribution in [0.3, 0.4) is 0 Å². The highest BCUT2D eigenvalue weighted by Gasteiger charge is 2.36. The molecule has 0 saturated carbocycles. The molecule has 5 aromatic heterocycles. The van der Waals surface area contributed by atoms with Gasteiger partial charge in [0.2, 0.25) is 0 Å².